The fraction of sp³-hybridized carbons (Fsp3) is 0.389. The molecule has 0 radical (unpaired) electrons. The van der Waals surface area contributed by atoms with Gasteiger partial charge in [-0.1, -0.05) is 12.1 Å². The fourth-order valence-electron chi connectivity index (χ4n) is 2.98. The average Bonchev–Trinajstić information content (AvgIpc) is 3.11. The maximum absolute atomic E-state index is 13.2. The van der Waals surface area contributed by atoms with E-state index in [0.717, 1.165) is 11.3 Å². The van der Waals surface area contributed by atoms with Gasteiger partial charge in [0.25, 0.3) is 0 Å². The normalized spacial score (nSPS) is 17.1. The van der Waals surface area contributed by atoms with Gasteiger partial charge in [-0.05, 0) is 30.7 Å². The van der Waals surface area contributed by atoms with E-state index >= 15 is 0 Å². The second-order valence-corrected chi connectivity index (χ2v) is 6.34. The Hall–Kier alpha value is -2.70. The second-order valence-electron chi connectivity index (χ2n) is 6.34. The van der Waals surface area contributed by atoms with Crippen LogP contribution in [0.4, 0.5) is 4.39 Å². The Kier molecular flexibility index (Phi) is 5.11. The van der Waals surface area contributed by atoms with Crippen LogP contribution in [0.25, 0.3) is 0 Å². The summed E-state index contributed by atoms with van der Waals surface area (Å²) in [6, 6.07) is 7.89. The van der Waals surface area contributed by atoms with Gasteiger partial charge in [-0.25, -0.2) is 4.39 Å². The number of carbonyl (C=O) groups excluding carboxylic acids is 2. The van der Waals surface area contributed by atoms with Crippen molar-refractivity contribution < 1.29 is 14.0 Å². The summed E-state index contributed by atoms with van der Waals surface area (Å²) in [6.45, 7) is 3.21. The quantitative estimate of drug-likeness (QED) is 0.866. The molecular weight excluding hydrogens is 323 g/mol. The molecule has 6 nitrogen and oxygen atoms in total. The van der Waals surface area contributed by atoms with Crippen LogP contribution in [-0.2, 0) is 22.7 Å². The zero-order chi connectivity index (χ0) is 17.8. The number of amides is 2. The molecule has 7 heteroatoms. The predicted molar refractivity (Wildman–Crippen MR) is 89.9 cm³/mol. The van der Waals surface area contributed by atoms with Crippen molar-refractivity contribution in [1.82, 2.24) is 20.0 Å². The Balaban J connectivity index is 1.47. The average molecular weight is 344 g/mol. The van der Waals surface area contributed by atoms with Crippen LogP contribution in [0, 0.1) is 12.7 Å². The highest BCUT2D eigenvalue weighted by Gasteiger charge is 2.30. The van der Waals surface area contributed by atoms with Gasteiger partial charge < -0.3 is 10.2 Å². The predicted octanol–water partition coefficient (Wildman–Crippen LogP) is 1.64. The summed E-state index contributed by atoms with van der Waals surface area (Å²) < 4.78 is 15.0. The minimum atomic E-state index is -0.317. The van der Waals surface area contributed by atoms with Crippen LogP contribution in [0.1, 0.15) is 24.1 Å². The Bertz CT molecular complexity index is 774. The molecule has 132 valence electrons. The van der Waals surface area contributed by atoms with E-state index in [1.807, 2.05) is 19.2 Å². The molecule has 0 bridgehead atoms. The molecular formula is C18H21FN4O2. The first-order valence-corrected chi connectivity index (χ1v) is 8.31. The number of halogens is 1. The van der Waals surface area contributed by atoms with Crippen LogP contribution in [0.2, 0.25) is 0 Å². The van der Waals surface area contributed by atoms with Crippen LogP contribution < -0.4 is 5.32 Å². The number of rotatable bonds is 6. The third-order valence-corrected chi connectivity index (χ3v) is 4.18. The summed E-state index contributed by atoms with van der Waals surface area (Å²) in [5.41, 5.74) is 1.66. The van der Waals surface area contributed by atoms with Crippen molar-refractivity contribution in [2.45, 2.75) is 38.9 Å². The molecule has 0 spiro atoms. The molecule has 1 N–H and O–H groups in total. The molecule has 2 heterocycles. The first kappa shape index (κ1) is 17.1. The Labute approximate surface area is 145 Å². The molecule has 1 saturated heterocycles. The van der Waals surface area contributed by atoms with E-state index < -0.39 is 0 Å². The van der Waals surface area contributed by atoms with Crippen LogP contribution in [-0.4, -0.2) is 39.1 Å². The number of hydrogen-bond donors (Lipinski definition) is 1. The summed E-state index contributed by atoms with van der Waals surface area (Å²) in [4.78, 5) is 25.8. The van der Waals surface area contributed by atoms with Crippen molar-refractivity contribution >= 4 is 11.8 Å². The summed E-state index contributed by atoms with van der Waals surface area (Å²) in [7, 11) is 0. The largest absolute Gasteiger partial charge is 0.351 e. The second kappa shape index (κ2) is 7.46. The van der Waals surface area contributed by atoms with Crippen LogP contribution in [0.5, 0.6) is 0 Å². The number of nitrogens with zero attached hydrogens (tertiary/aromatic N) is 3. The third-order valence-electron chi connectivity index (χ3n) is 4.18. The highest BCUT2D eigenvalue weighted by atomic mass is 19.1. The van der Waals surface area contributed by atoms with Crippen molar-refractivity contribution in [2.24, 2.45) is 0 Å². The maximum atomic E-state index is 13.2. The SMILES string of the molecule is Cc1ccn(CCC(=O)NC2CC(=O)N(Cc3cccc(F)c3)C2)n1. The molecule has 1 aliphatic heterocycles. The van der Waals surface area contributed by atoms with E-state index in [4.69, 9.17) is 0 Å². The Morgan fingerprint density at radius 1 is 1.40 bits per heavy atom. The van der Waals surface area contributed by atoms with Gasteiger partial charge in [0.05, 0.1) is 11.7 Å². The molecule has 1 aromatic heterocycles. The molecule has 1 aliphatic rings. The van der Waals surface area contributed by atoms with Crippen molar-refractivity contribution in [1.29, 1.82) is 0 Å². The number of nitrogens with one attached hydrogen (secondary N) is 1. The van der Waals surface area contributed by atoms with Gasteiger partial charge in [0.15, 0.2) is 0 Å². The van der Waals surface area contributed by atoms with E-state index in [9.17, 15) is 14.0 Å². The van der Waals surface area contributed by atoms with Crippen molar-refractivity contribution in [3.8, 4) is 0 Å². The molecule has 2 aromatic rings. The summed E-state index contributed by atoms with van der Waals surface area (Å²) in [6.07, 6.45) is 2.43. The maximum Gasteiger partial charge on any atom is 0.225 e. The van der Waals surface area contributed by atoms with E-state index in [1.165, 1.54) is 12.1 Å². The van der Waals surface area contributed by atoms with Gasteiger partial charge in [-0.3, -0.25) is 14.3 Å². The smallest absolute Gasteiger partial charge is 0.225 e. The highest BCUT2D eigenvalue weighted by Crippen LogP contribution is 2.16. The van der Waals surface area contributed by atoms with Gasteiger partial charge in [0.2, 0.25) is 11.8 Å². The lowest BCUT2D eigenvalue weighted by atomic mass is 10.2. The fourth-order valence-corrected chi connectivity index (χ4v) is 2.98. The lowest BCUT2D eigenvalue weighted by Crippen LogP contribution is -2.37. The first-order chi connectivity index (χ1) is 12.0. The molecule has 1 atom stereocenters. The van der Waals surface area contributed by atoms with Crippen molar-refractivity contribution in [3.05, 3.63) is 53.6 Å². The molecule has 0 aliphatic carbocycles. The monoisotopic (exact) mass is 344 g/mol. The number of benzene rings is 1. The topological polar surface area (TPSA) is 67.2 Å². The highest BCUT2D eigenvalue weighted by molar-refractivity contribution is 5.82. The number of carbonyl (C=O) groups is 2. The number of hydrogen-bond acceptors (Lipinski definition) is 3. The number of aromatic nitrogens is 2. The number of likely N-dealkylation sites (tertiary alicyclic amines) is 1. The molecule has 3 rings (SSSR count). The van der Waals surface area contributed by atoms with Crippen molar-refractivity contribution in [2.75, 3.05) is 6.54 Å². The Morgan fingerprint density at radius 2 is 2.24 bits per heavy atom. The summed E-state index contributed by atoms with van der Waals surface area (Å²) >= 11 is 0. The molecule has 25 heavy (non-hydrogen) atoms. The third kappa shape index (κ3) is 4.65. The van der Waals surface area contributed by atoms with Gasteiger partial charge in [0, 0.05) is 38.7 Å². The van der Waals surface area contributed by atoms with E-state index in [1.54, 1.807) is 21.7 Å². The lowest BCUT2D eigenvalue weighted by molar-refractivity contribution is -0.128. The van der Waals surface area contributed by atoms with Crippen LogP contribution >= 0.6 is 0 Å². The minimum Gasteiger partial charge on any atom is -0.351 e. The number of aryl methyl sites for hydroxylation is 2. The molecule has 1 aromatic carbocycles. The van der Waals surface area contributed by atoms with E-state index in [2.05, 4.69) is 10.4 Å². The van der Waals surface area contributed by atoms with E-state index in [0.29, 0.717) is 26.1 Å². The summed E-state index contributed by atoms with van der Waals surface area (Å²) in [5, 5.41) is 7.13. The first-order valence-electron chi connectivity index (χ1n) is 8.31. The summed E-state index contributed by atoms with van der Waals surface area (Å²) in [5.74, 6) is -0.446. The van der Waals surface area contributed by atoms with Gasteiger partial charge in [-0.15, -0.1) is 0 Å². The molecule has 2 amide bonds. The molecule has 1 fully saturated rings. The van der Waals surface area contributed by atoms with Crippen molar-refractivity contribution in [3.63, 3.8) is 0 Å². The zero-order valence-electron chi connectivity index (χ0n) is 14.1. The van der Waals surface area contributed by atoms with Crippen LogP contribution in [0.3, 0.4) is 0 Å². The lowest BCUT2D eigenvalue weighted by Gasteiger charge is -2.17. The van der Waals surface area contributed by atoms with Gasteiger partial charge in [-0.2, -0.15) is 5.10 Å². The van der Waals surface area contributed by atoms with Crippen LogP contribution in [0.15, 0.2) is 36.5 Å². The standard InChI is InChI=1S/C18H21FN4O2/c1-13-5-7-23(21-13)8-6-17(24)20-16-10-18(25)22(12-16)11-14-3-2-4-15(19)9-14/h2-5,7,9,16H,6,8,10-12H2,1H3,(H,20,24). The minimum absolute atomic E-state index is 0.0303. The molecule has 0 saturated carbocycles. The zero-order valence-corrected chi connectivity index (χ0v) is 14.1. The van der Waals surface area contributed by atoms with E-state index in [-0.39, 0.29) is 30.1 Å². The Morgan fingerprint density at radius 3 is 2.96 bits per heavy atom. The van der Waals surface area contributed by atoms with Gasteiger partial charge in [0.1, 0.15) is 5.82 Å². The molecule has 1 unspecified atom stereocenters. The van der Waals surface area contributed by atoms with Gasteiger partial charge >= 0.3 is 0 Å².